The molecule has 1 heterocycles. The largest absolute Gasteiger partial charge is 0.480 e. The van der Waals surface area contributed by atoms with Gasteiger partial charge in [0.15, 0.2) is 6.10 Å². The highest BCUT2D eigenvalue weighted by Crippen LogP contribution is 2.27. The number of benzene rings is 1. The van der Waals surface area contributed by atoms with E-state index < -0.39 is 18.1 Å². The molecule has 0 aliphatic carbocycles. The van der Waals surface area contributed by atoms with E-state index in [1.54, 1.807) is 12.1 Å². The summed E-state index contributed by atoms with van der Waals surface area (Å²) in [6.07, 6.45) is -0.748. The zero-order valence-electron chi connectivity index (χ0n) is 10.5. The molecule has 0 aromatic heterocycles. The predicted molar refractivity (Wildman–Crippen MR) is 71.8 cm³/mol. The summed E-state index contributed by atoms with van der Waals surface area (Å²) in [7, 11) is 1.45. The van der Waals surface area contributed by atoms with Crippen molar-refractivity contribution in [2.45, 2.75) is 12.1 Å². The fraction of sp³-hybridized carbons (Fsp3) is 0.385. The molecule has 0 spiro atoms. The lowest BCUT2D eigenvalue weighted by Gasteiger charge is -2.25. The molecule has 0 radical (unpaired) electrons. The average molecular weight is 281 g/mol. The van der Waals surface area contributed by atoms with Crippen LogP contribution in [-0.4, -0.2) is 46.7 Å². The number of nitrogens with zero attached hydrogens (tertiary/aromatic N) is 1. The first-order chi connectivity index (χ1) is 9.15. The van der Waals surface area contributed by atoms with Gasteiger partial charge in [0.25, 0.3) is 5.91 Å². The fourth-order valence-corrected chi connectivity index (χ4v) is 3.18. The number of ether oxygens (including phenoxy) is 1. The molecule has 2 atom stereocenters. The summed E-state index contributed by atoms with van der Waals surface area (Å²) >= 11 is 1.44. The van der Waals surface area contributed by atoms with Crippen LogP contribution in [0.25, 0.3) is 0 Å². The number of carbonyl (C=O) groups excluding carboxylic acids is 1. The maximum atomic E-state index is 12.4. The lowest BCUT2D eigenvalue weighted by atomic mass is 10.1. The number of carboxylic acid groups (broad SMARTS) is 1. The van der Waals surface area contributed by atoms with Crippen molar-refractivity contribution in [3.8, 4) is 0 Å². The maximum Gasteiger partial charge on any atom is 0.327 e. The van der Waals surface area contributed by atoms with Gasteiger partial charge in [-0.3, -0.25) is 4.79 Å². The van der Waals surface area contributed by atoms with Crippen molar-refractivity contribution in [1.29, 1.82) is 0 Å². The highest BCUT2D eigenvalue weighted by atomic mass is 32.2. The molecule has 0 saturated carbocycles. The number of rotatable bonds is 4. The Morgan fingerprint density at radius 2 is 2.11 bits per heavy atom. The smallest absolute Gasteiger partial charge is 0.327 e. The van der Waals surface area contributed by atoms with Crippen LogP contribution in [0.3, 0.4) is 0 Å². The Hall–Kier alpha value is -1.53. The van der Waals surface area contributed by atoms with Crippen LogP contribution in [0, 0.1) is 0 Å². The molecule has 1 amide bonds. The molecule has 1 saturated heterocycles. The molecular formula is C13H15NO4S. The van der Waals surface area contributed by atoms with Crippen molar-refractivity contribution in [3.05, 3.63) is 35.9 Å². The lowest BCUT2D eigenvalue weighted by Crippen LogP contribution is -2.44. The highest BCUT2D eigenvalue weighted by molar-refractivity contribution is 7.99. The Balaban J connectivity index is 2.19. The first kappa shape index (κ1) is 13.9. The van der Waals surface area contributed by atoms with Crippen LogP contribution in [0.15, 0.2) is 30.3 Å². The van der Waals surface area contributed by atoms with Crippen molar-refractivity contribution < 1.29 is 19.4 Å². The molecule has 2 rings (SSSR count). The number of hydrogen-bond acceptors (Lipinski definition) is 4. The van der Waals surface area contributed by atoms with Gasteiger partial charge in [-0.05, 0) is 5.56 Å². The zero-order valence-corrected chi connectivity index (χ0v) is 11.3. The van der Waals surface area contributed by atoms with E-state index in [0.717, 1.165) is 5.56 Å². The van der Waals surface area contributed by atoms with Crippen LogP contribution >= 0.6 is 11.8 Å². The standard InChI is InChI=1S/C13H15NO4S/c1-18-11(9-5-3-2-4-6-9)12(15)14-8-19-7-10(14)13(16)17/h2-6,10-11H,7-8H2,1H3,(H,16,17). The summed E-state index contributed by atoms with van der Waals surface area (Å²) in [6, 6.07) is 8.32. The van der Waals surface area contributed by atoms with Crippen LogP contribution in [0.5, 0.6) is 0 Å². The number of carbonyl (C=O) groups is 2. The van der Waals surface area contributed by atoms with E-state index in [1.165, 1.54) is 23.8 Å². The molecule has 1 aromatic rings. The van der Waals surface area contributed by atoms with Gasteiger partial charge in [0.05, 0.1) is 5.88 Å². The quantitative estimate of drug-likeness (QED) is 0.902. The second-order valence-corrected chi connectivity index (χ2v) is 5.19. The topological polar surface area (TPSA) is 66.8 Å². The van der Waals surface area contributed by atoms with Crippen LogP contribution < -0.4 is 0 Å². The summed E-state index contributed by atoms with van der Waals surface area (Å²) < 4.78 is 5.25. The first-order valence-corrected chi connectivity index (χ1v) is 6.99. The molecule has 1 fully saturated rings. The van der Waals surface area contributed by atoms with E-state index in [4.69, 9.17) is 9.84 Å². The third-order valence-electron chi connectivity index (χ3n) is 3.01. The Bertz CT molecular complexity index is 465. The molecule has 1 aliphatic heterocycles. The van der Waals surface area contributed by atoms with Crippen molar-refractivity contribution in [2.75, 3.05) is 18.7 Å². The Kier molecular flexibility index (Phi) is 4.44. The monoisotopic (exact) mass is 281 g/mol. The number of hydrogen-bond donors (Lipinski definition) is 1. The molecular weight excluding hydrogens is 266 g/mol. The molecule has 5 nitrogen and oxygen atoms in total. The molecule has 6 heteroatoms. The van der Waals surface area contributed by atoms with Gasteiger partial charge in [0, 0.05) is 12.9 Å². The van der Waals surface area contributed by atoms with Gasteiger partial charge in [0.1, 0.15) is 6.04 Å². The SMILES string of the molecule is COC(C(=O)N1CSCC1C(=O)O)c1ccccc1. The summed E-state index contributed by atoms with van der Waals surface area (Å²) in [4.78, 5) is 24.9. The summed E-state index contributed by atoms with van der Waals surface area (Å²) in [5, 5.41) is 9.11. The number of carboxylic acids is 1. The Morgan fingerprint density at radius 1 is 1.42 bits per heavy atom. The van der Waals surface area contributed by atoms with Crippen molar-refractivity contribution in [1.82, 2.24) is 4.90 Å². The Morgan fingerprint density at radius 3 is 2.68 bits per heavy atom. The van der Waals surface area contributed by atoms with E-state index >= 15 is 0 Å². The first-order valence-electron chi connectivity index (χ1n) is 5.84. The molecule has 1 aromatic carbocycles. The molecule has 1 aliphatic rings. The minimum Gasteiger partial charge on any atom is -0.480 e. The summed E-state index contributed by atoms with van der Waals surface area (Å²) in [6.45, 7) is 0. The second-order valence-electron chi connectivity index (χ2n) is 4.19. The highest BCUT2D eigenvalue weighted by Gasteiger charge is 2.38. The van der Waals surface area contributed by atoms with E-state index in [9.17, 15) is 9.59 Å². The minimum absolute atomic E-state index is 0.300. The number of aliphatic carboxylic acids is 1. The summed E-state index contributed by atoms with van der Waals surface area (Å²) in [5.41, 5.74) is 0.732. The Labute approximate surface area is 115 Å². The molecule has 0 bridgehead atoms. The van der Waals surface area contributed by atoms with Crippen LogP contribution in [0.2, 0.25) is 0 Å². The number of thioether (sulfide) groups is 1. The molecule has 19 heavy (non-hydrogen) atoms. The van der Waals surface area contributed by atoms with E-state index in [0.29, 0.717) is 11.6 Å². The van der Waals surface area contributed by atoms with Gasteiger partial charge in [-0.1, -0.05) is 30.3 Å². The number of methoxy groups -OCH3 is 1. The maximum absolute atomic E-state index is 12.4. The van der Waals surface area contributed by atoms with Gasteiger partial charge in [-0.2, -0.15) is 0 Å². The van der Waals surface area contributed by atoms with Gasteiger partial charge in [-0.25, -0.2) is 4.79 Å². The van der Waals surface area contributed by atoms with Crippen molar-refractivity contribution >= 4 is 23.6 Å². The van der Waals surface area contributed by atoms with Gasteiger partial charge >= 0.3 is 5.97 Å². The van der Waals surface area contributed by atoms with Crippen LogP contribution in [0.4, 0.5) is 0 Å². The van der Waals surface area contributed by atoms with Gasteiger partial charge in [-0.15, -0.1) is 11.8 Å². The van der Waals surface area contributed by atoms with E-state index in [-0.39, 0.29) is 5.91 Å². The summed E-state index contributed by atoms with van der Waals surface area (Å²) in [5.74, 6) is -0.457. The van der Waals surface area contributed by atoms with Crippen molar-refractivity contribution in [2.24, 2.45) is 0 Å². The van der Waals surface area contributed by atoms with Crippen LogP contribution in [-0.2, 0) is 14.3 Å². The van der Waals surface area contributed by atoms with Crippen molar-refractivity contribution in [3.63, 3.8) is 0 Å². The second kappa shape index (κ2) is 6.08. The van der Waals surface area contributed by atoms with Gasteiger partial charge < -0.3 is 14.7 Å². The normalized spacial score (nSPS) is 20.3. The lowest BCUT2D eigenvalue weighted by molar-refractivity contribution is -0.152. The van der Waals surface area contributed by atoms with Crippen LogP contribution in [0.1, 0.15) is 11.7 Å². The zero-order chi connectivity index (χ0) is 13.8. The molecule has 2 unspecified atom stereocenters. The van der Waals surface area contributed by atoms with E-state index in [2.05, 4.69) is 0 Å². The predicted octanol–water partition coefficient (Wildman–Crippen LogP) is 1.36. The fourth-order valence-electron chi connectivity index (χ4n) is 2.02. The minimum atomic E-state index is -0.971. The number of amides is 1. The molecule has 1 N–H and O–H groups in total. The third-order valence-corrected chi connectivity index (χ3v) is 4.02. The van der Waals surface area contributed by atoms with Gasteiger partial charge in [0.2, 0.25) is 0 Å². The average Bonchev–Trinajstić information content (AvgIpc) is 2.90. The third kappa shape index (κ3) is 2.90. The molecule has 102 valence electrons. The van der Waals surface area contributed by atoms with E-state index in [1.807, 2.05) is 18.2 Å².